The van der Waals surface area contributed by atoms with Crippen LogP contribution in [0, 0.1) is 29.1 Å². The Balaban J connectivity index is 1.43. The third-order valence-electron chi connectivity index (χ3n) is 9.41. The third-order valence-corrected chi connectivity index (χ3v) is 9.41. The molecule has 32 heavy (non-hydrogen) atoms. The molecule has 0 spiro atoms. The van der Waals surface area contributed by atoms with Crippen molar-refractivity contribution in [3.63, 3.8) is 0 Å². The highest BCUT2D eigenvalue weighted by Crippen LogP contribution is 2.59. The van der Waals surface area contributed by atoms with E-state index >= 15 is 0 Å². The van der Waals surface area contributed by atoms with E-state index in [9.17, 15) is 13.9 Å². The molecule has 1 heterocycles. The standard InChI is InChI=1S/C28H43F2NO/c1-19(17-31-16-6-9-23(18-31)27(29)30)24-13-14-25-22(8-5-15-28(24,25)3)12-11-21-7-4-10-26(32)20(21)2/h11-12,19,23-27,32H,2,4-10,13-18H2,1,3H3/b21-11-,22-12+/t19-,23?,24?,25?,26?,28?/m0/s1. The predicted molar refractivity (Wildman–Crippen MR) is 128 cm³/mol. The first kappa shape index (κ1) is 24.1. The van der Waals surface area contributed by atoms with Gasteiger partial charge in [0.15, 0.2) is 0 Å². The van der Waals surface area contributed by atoms with E-state index in [1.165, 1.54) is 37.7 Å². The van der Waals surface area contributed by atoms with Crippen LogP contribution in [0.3, 0.4) is 0 Å². The second-order valence-corrected chi connectivity index (χ2v) is 11.4. The van der Waals surface area contributed by atoms with Gasteiger partial charge in [0.05, 0.1) is 6.10 Å². The lowest BCUT2D eigenvalue weighted by Gasteiger charge is -2.45. The molecule has 0 amide bonds. The van der Waals surface area contributed by atoms with E-state index in [0.717, 1.165) is 44.3 Å². The van der Waals surface area contributed by atoms with E-state index in [4.69, 9.17) is 0 Å². The van der Waals surface area contributed by atoms with E-state index in [0.29, 0.717) is 36.1 Å². The van der Waals surface area contributed by atoms with Crippen LogP contribution in [0.1, 0.15) is 78.1 Å². The maximum Gasteiger partial charge on any atom is 0.242 e. The molecule has 0 radical (unpaired) electrons. The van der Waals surface area contributed by atoms with Crippen molar-refractivity contribution in [2.45, 2.75) is 90.6 Å². The maximum atomic E-state index is 13.3. The molecule has 4 aliphatic rings. The first-order chi connectivity index (χ1) is 15.3. The third kappa shape index (κ3) is 4.92. The van der Waals surface area contributed by atoms with Gasteiger partial charge in [0.25, 0.3) is 0 Å². The summed E-state index contributed by atoms with van der Waals surface area (Å²) < 4.78 is 26.5. The van der Waals surface area contributed by atoms with Gasteiger partial charge in [-0.1, -0.05) is 38.2 Å². The molecule has 5 unspecified atom stereocenters. The van der Waals surface area contributed by atoms with Gasteiger partial charge in [-0.05, 0) is 105 Å². The number of allylic oxidation sites excluding steroid dienone is 3. The molecule has 4 heteroatoms. The van der Waals surface area contributed by atoms with Gasteiger partial charge in [0.1, 0.15) is 0 Å². The summed E-state index contributed by atoms with van der Waals surface area (Å²) in [5.74, 6) is 1.42. The van der Waals surface area contributed by atoms with Crippen molar-refractivity contribution in [1.29, 1.82) is 0 Å². The summed E-state index contributed by atoms with van der Waals surface area (Å²) in [7, 11) is 0. The first-order valence-electron chi connectivity index (χ1n) is 13.1. The molecule has 0 bridgehead atoms. The molecule has 4 rings (SSSR count). The number of fused-ring (bicyclic) bond motifs is 1. The normalized spacial score (nSPS) is 40.2. The molecule has 180 valence electrons. The molecular weight excluding hydrogens is 404 g/mol. The molecule has 1 aliphatic heterocycles. The van der Waals surface area contributed by atoms with Crippen molar-refractivity contribution in [2.75, 3.05) is 19.6 Å². The van der Waals surface area contributed by atoms with Crippen molar-refractivity contribution in [1.82, 2.24) is 4.90 Å². The van der Waals surface area contributed by atoms with Gasteiger partial charge in [-0.3, -0.25) is 0 Å². The molecule has 0 aromatic carbocycles. The van der Waals surface area contributed by atoms with Crippen LogP contribution in [0.5, 0.6) is 0 Å². The summed E-state index contributed by atoms with van der Waals surface area (Å²) in [5, 5.41) is 10.1. The summed E-state index contributed by atoms with van der Waals surface area (Å²) >= 11 is 0. The molecule has 0 aromatic rings. The van der Waals surface area contributed by atoms with Gasteiger partial charge in [-0.25, -0.2) is 8.78 Å². The van der Waals surface area contributed by atoms with Gasteiger partial charge in [0, 0.05) is 19.0 Å². The van der Waals surface area contributed by atoms with Gasteiger partial charge in [-0.15, -0.1) is 0 Å². The fraction of sp³-hybridized carbons (Fsp3) is 0.786. The Labute approximate surface area is 193 Å². The van der Waals surface area contributed by atoms with Crippen molar-refractivity contribution in [3.05, 3.63) is 35.5 Å². The first-order valence-corrected chi connectivity index (χ1v) is 13.1. The van der Waals surface area contributed by atoms with Gasteiger partial charge in [-0.2, -0.15) is 0 Å². The topological polar surface area (TPSA) is 23.5 Å². The fourth-order valence-electron chi connectivity index (χ4n) is 7.64. The summed E-state index contributed by atoms with van der Waals surface area (Å²) in [4.78, 5) is 2.33. The molecule has 4 fully saturated rings. The van der Waals surface area contributed by atoms with Crippen molar-refractivity contribution >= 4 is 0 Å². The monoisotopic (exact) mass is 447 g/mol. The minimum Gasteiger partial charge on any atom is -0.388 e. The lowest BCUT2D eigenvalue weighted by Crippen LogP contribution is -2.44. The second kappa shape index (κ2) is 10.1. The Kier molecular flexibility index (Phi) is 7.61. The second-order valence-electron chi connectivity index (χ2n) is 11.4. The summed E-state index contributed by atoms with van der Waals surface area (Å²) in [5.41, 5.74) is 4.05. The van der Waals surface area contributed by atoms with Gasteiger partial charge >= 0.3 is 0 Å². The molecule has 6 atom stereocenters. The number of hydrogen-bond acceptors (Lipinski definition) is 2. The van der Waals surface area contributed by atoms with E-state index in [-0.39, 0.29) is 6.10 Å². The van der Waals surface area contributed by atoms with Crippen LogP contribution in [0.15, 0.2) is 35.5 Å². The smallest absolute Gasteiger partial charge is 0.242 e. The van der Waals surface area contributed by atoms with Crippen molar-refractivity contribution in [3.8, 4) is 0 Å². The summed E-state index contributed by atoms with van der Waals surface area (Å²) in [6.45, 7) is 11.5. The zero-order valence-electron chi connectivity index (χ0n) is 20.2. The quantitative estimate of drug-likeness (QED) is 0.503. The summed E-state index contributed by atoms with van der Waals surface area (Å²) in [6.07, 6.45) is 12.8. The van der Waals surface area contributed by atoms with Crippen LogP contribution >= 0.6 is 0 Å². The fourth-order valence-corrected chi connectivity index (χ4v) is 7.64. The molecular formula is C28H43F2NO. The maximum absolute atomic E-state index is 13.3. The molecule has 3 saturated carbocycles. The predicted octanol–water partition coefficient (Wildman–Crippen LogP) is 6.77. The molecule has 2 nitrogen and oxygen atoms in total. The highest BCUT2D eigenvalue weighted by atomic mass is 19.3. The Morgan fingerprint density at radius 2 is 1.94 bits per heavy atom. The van der Waals surface area contributed by atoms with E-state index in [1.54, 1.807) is 5.57 Å². The molecule has 3 aliphatic carbocycles. The van der Waals surface area contributed by atoms with Crippen LogP contribution in [-0.4, -0.2) is 42.2 Å². The lowest BCUT2D eigenvalue weighted by molar-refractivity contribution is 0.0132. The van der Waals surface area contributed by atoms with Crippen LogP contribution in [-0.2, 0) is 0 Å². The Morgan fingerprint density at radius 1 is 1.12 bits per heavy atom. The van der Waals surface area contributed by atoms with Crippen LogP contribution in [0.4, 0.5) is 8.78 Å². The Hall–Kier alpha value is -1.00. The van der Waals surface area contributed by atoms with Crippen LogP contribution in [0.25, 0.3) is 0 Å². The SMILES string of the molecule is C=C1/C(=C\C=C2/CCCC3(C)C2CCC3[C@@H](C)CN2CCCC(C(F)F)C2)CCCC1O. The van der Waals surface area contributed by atoms with E-state index < -0.39 is 12.3 Å². The van der Waals surface area contributed by atoms with Crippen LogP contribution in [0.2, 0.25) is 0 Å². The highest BCUT2D eigenvalue weighted by molar-refractivity contribution is 5.37. The average Bonchev–Trinajstić information content (AvgIpc) is 3.12. The number of rotatable bonds is 5. The zero-order valence-corrected chi connectivity index (χ0v) is 20.2. The number of alkyl halides is 2. The molecule has 1 N–H and O–H groups in total. The number of hydrogen-bond donors (Lipinski definition) is 1. The number of aliphatic hydroxyl groups excluding tert-OH is 1. The number of aliphatic hydroxyl groups is 1. The highest BCUT2D eigenvalue weighted by Gasteiger charge is 2.50. The largest absolute Gasteiger partial charge is 0.388 e. The summed E-state index contributed by atoms with van der Waals surface area (Å²) in [6, 6.07) is 0. The van der Waals surface area contributed by atoms with Crippen molar-refractivity contribution in [2.24, 2.45) is 29.1 Å². The number of nitrogens with zero attached hydrogens (tertiary/aromatic N) is 1. The molecule has 0 aromatic heterocycles. The van der Waals surface area contributed by atoms with E-state index in [1.807, 2.05) is 0 Å². The van der Waals surface area contributed by atoms with Gasteiger partial charge in [0.2, 0.25) is 6.43 Å². The number of likely N-dealkylation sites (tertiary alicyclic amines) is 1. The number of halogens is 2. The minimum absolute atomic E-state index is 0.322. The molecule has 1 saturated heterocycles. The Bertz CT molecular complexity index is 744. The zero-order chi connectivity index (χ0) is 22.9. The number of piperidine rings is 1. The Morgan fingerprint density at radius 3 is 2.72 bits per heavy atom. The van der Waals surface area contributed by atoms with E-state index in [2.05, 4.69) is 37.5 Å². The lowest BCUT2D eigenvalue weighted by atomic mass is 9.61. The minimum atomic E-state index is -2.18. The average molecular weight is 448 g/mol. The van der Waals surface area contributed by atoms with Crippen LogP contribution < -0.4 is 0 Å². The van der Waals surface area contributed by atoms with Crippen molar-refractivity contribution < 1.29 is 13.9 Å². The van der Waals surface area contributed by atoms with Gasteiger partial charge < -0.3 is 10.0 Å².